The summed E-state index contributed by atoms with van der Waals surface area (Å²) in [4.78, 5) is 15.9. The fourth-order valence-corrected chi connectivity index (χ4v) is 4.48. The van der Waals surface area contributed by atoms with Gasteiger partial charge in [-0.3, -0.25) is 9.69 Å². The van der Waals surface area contributed by atoms with E-state index in [4.69, 9.17) is 0 Å². The van der Waals surface area contributed by atoms with Gasteiger partial charge in [-0.1, -0.05) is 97.1 Å². The van der Waals surface area contributed by atoms with Crippen LogP contribution < -0.4 is 10.2 Å². The Balaban J connectivity index is 1.71. The van der Waals surface area contributed by atoms with Gasteiger partial charge >= 0.3 is 0 Å². The molecule has 0 aliphatic carbocycles. The number of anilines is 2. The lowest BCUT2D eigenvalue weighted by Gasteiger charge is -2.30. The Hall–Kier alpha value is -3.69. The molecular formula is C29H26N2O. The zero-order chi connectivity index (χ0) is 21.8. The van der Waals surface area contributed by atoms with Crippen LogP contribution in [0.15, 0.2) is 109 Å². The van der Waals surface area contributed by atoms with Crippen LogP contribution in [0, 0.1) is 0 Å². The van der Waals surface area contributed by atoms with E-state index in [9.17, 15) is 4.79 Å². The molecule has 4 aromatic carbocycles. The molecule has 4 aromatic rings. The van der Waals surface area contributed by atoms with Crippen LogP contribution in [-0.2, 0) is 4.79 Å². The van der Waals surface area contributed by atoms with Gasteiger partial charge in [-0.25, -0.2) is 0 Å². The van der Waals surface area contributed by atoms with Crippen molar-refractivity contribution in [2.75, 3.05) is 11.4 Å². The first-order valence-electron chi connectivity index (χ1n) is 11.2. The minimum atomic E-state index is -0.178. The molecule has 0 radical (unpaired) electrons. The van der Waals surface area contributed by atoms with E-state index in [0.717, 1.165) is 53.0 Å². The van der Waals surface area contributed by atoms with Gasteiger partial charge < -0.3 is 5.32 Å². The maximum Gasteiger partial charge on any atom is 0.248 e. The lowest BCUT2D eigenvalue weighted by molar-refractivity contribution is -0.119. The molecule has 1 saturated heterocycles. The smallest absolute Gasteiger partial charge is 0.248 e. The fourth-order valence-electron chi connectivity index (χ4n) is 4.48. The van der Waals surface area contributed by atoms with Crippen LogP contribution in [0.4, 0.5) is 11.4 Å². The number of rotatable bonds is 5. The third-order valence-corrected chi connectivity index (χ3v) is 6.04. The minimum absolute atomic E-state index is 0.0919. The number of hydrogen-bond donors (Lipinski definition) is 1. The lowest BCUT2D eigenvalue weighted by Crippen LogP contribution is -2.41. The SMILES string of the molecule is O=C([C@@H]1CCCN1)N(c1ccccc1-c1ccccc1)c1ccccc1-c1ccccc1. The van der Waals surface area contributed by atoms with Crippen molar-refractivity contribution < 1.29 is 4.79 Å². The van der Waals surface area contributed by atoms with Gasteiger partial charge in [0, 0.05) is 11.1 Å². The summed E-state index contributed by atoms with van der Waals surface area (Å²) in [7, 11) is 0. The predicted molar refractivity (Wildman–Crippen MR) is 132 cm³/mol. The molecule has 1 amide bonds. The van der Waals surface area contributed by atoms with E-state index >= 15 is 0 Å². The summed E-state index contributed by atoms with van der Waals surface area (Å²) in [5.41, 5.74) is 6.08. The van der Waals surface area contributed by atoms with E-state index in [1.807, 2.05) is 65.6 Å². The third-order valence-electron chi connectivity index (χ3n) is 6.04. The van der Waals surface area contributed by atoms with Crippen molar-refractivity contribution >= 4 is 17.3 Å². The summed E-state index contributed by atoms with van der Waals surface area (Å²) in [6, 6.07) is 36.8. The first kappa shape index (κ1) is 20.2. The third kappa shape index (κ3) is 3.95. The molecule has 3 heteroatoms. The van der Waals surface area contributed by atoms with Crippen LogP contribution in [0.2, 0.25) is 0 Å². The largest absolute Gasteiger partial charge is 0.306 e. The van der Waals surface area contributed by atoms with Crippen LogP contribution in [0.25, 0.3) is 22.3 Å². The molecule has 0 saturated carbocycles. The van der Waals surface area contributed by atoms with Crippen molar-refractivity contribution in [3.63, 3.8) is 0 Å². The summed E-state index contributed by atoms with van der Waals surface area (Å²) in [5.74, 6) is 0.0919. The second-order valence-electron chi connectivity index (χ2n) is 8.09. The highest BCUT2D eigenvalue weighted by atomic mass is 16.2. The number of para-hydroxylation sites is 2. The van der Waals surface area contributed by atoms with Gasteiger partial charge in [0.25, 0.3) is 0 Å². The van der Waals surface area contributed by atoms with E-state index in [2.05, 4.69) is 53.8 Å². The number of nitrogens with zero attached hydrogens (tertiary/aromatic N) is 1. The number of benzene rings is 4. The quantitative estimate of drug-likeness (QED) is 0.405. The van der Waals surface area contributed by atoms with Crippen molar-refractivity contribution in [3.8, 4) is 22.3 Å². The zero-order valence-electron chi connectivity index (χ0n) is 17.9. The van der Waals surface area contributed by atoms with Crippen molar-refractivity contribution in [2.45, 2.75) is 18.9 Å². The summed E-state index contributed by atoms with van der Waals surface area (Å²) in [6.45, 7) is 0.880. The molecule has 5 rings (SSSR count). The standard InChI is InChI=1S/C29H26N2O/c32-29(26-18-11-21-30-26)31(27-19-9-7-16-24(27)22-12-3-1-4-13-22)28-20-10-8-17-25(28)23-14-5-2-6-15-23/h1-10,12-17,19-20,26,30H,11,18,21H2/t26-/m0/s1. The van der Waals surface area contributed by atoms with E-state index in [1.54, 1.807) is 0 Å². The normalized spacial score (nSPS) is 15.4. The molecule has 1 aliphatic rings. The van der Waals surface area contributed by atoms with Gasteiger partial charge in [-0.2, -0.15) is 0 Å². The van der Waals surface area contributed by atoms with Crippen LogP contribution in [0.3, 0.4) is 0 Å². The molecule has 0 bridgehead atoms. The monoisotopic (exact) mass is 418 g/mol. The molecular weight excluding hydrogens is 392 g/mol. The second-order valence-corrected chi connectivity index (χ2v) is 8.09. The first-order valence-corrected chi connectivity index (χ1v) is 11.2. The molecule has 1 N–H and O–H groups in total. The molecule has 0 spiro atoms. The van der Waals surface area contributed by atoms with Crippen LogP contribution in [0.5, 0.6) is 0 Å². The van der Waals surface area contributed by atoms with Crippen molar-refractivity contribution in [3.05, 3.63) is 109 Å². The van der Waals surface area contributed by atoms with Gasteiger partial charge in [0.2, 0.25) is 5.91 Å². The maximum atomic E-state index is 14.0. The molecule has 1 fully saturated rings. The zero-order valence-corrected chi connectivity index (χ0v) is 17.9. The average Bonchev–Trinajstić information content (AvgIpc) is 3.41. The maximum absolute atomic E-state index is 14.0. The number of carbonyl (C=O) groups is 1. The number of amides is 1. The van der Waals surface area contributed by atoms with Gasteiger partial charge in [0.05, 0.1) is 17.4 Å². The highest BCUT2D eigenvalue weighted by molar-refractivity contribution is 6.09. The van der Waals surface area contributed by atoms with E-state index in [1.165, 1.54) is 0 Å². The number of nitrogens with one attached hydrogen (secondary N) is 1. The Morgan fingerprint density at radius 3 is 1.59 bits per heavy atom. The Morgan fingerprint density at radius 1 is 0.656 bits per heavy atom. The number of hydrogen-bond acceptors (Lipinski definition) is 2. The van der Waals surface area contributed by atoms with Crippen molar-refractivity contribution in [2.24, 2.45) is 0 Å². The van der Waals surface area contributed by atoms with Crippen LogP contribution >= 0.6 is 0 Å². The molecule has 0 unspecified atom stereocenters. The summed E-state index contributed by atoms with van der Waals surface area (Å²) in [6.07, 6.45) is 1.88. The molecule has 1 aliphatic heterocycles. The topological polar surface area (TPSA) is 32.3 Å². The van der Waals surface area contributed by atoms with Gasteiger partial charge in [0.1, 0.15) is 0 Å². The van der Waals surface area contributed by atoms with Crippen LogP contribution in [0.1, 0.15) is 12.8 Å². The van der Waals surface area contributed by atoms with Gasteiger partial charge in [-0.15, -0.1) is 0 Å². The van der Waals surface area contributed by atoms with Gasteiger partial charge in [0.15, 0.2) is 0 Å². The van der Waals surface area contributed by atoms with E-state index in [0.29, 0.717) is 0 Å². The minimum Gasteiger partial charge on any atom is -0.306 e. The average molecular weight is 419 g/mol. The molecule has 0 aromatic heterocycles. The Bertz CT molecular complexity index is 1120. The second kappa shape index (κ2) is 9.21. The number of carbonyl (C=O) groups excluding carboxylic acids is 1. The molecule has 3 nitrogen and oxygen atoms in total. The predicted octanol–water partition coefficient (Wildman–Crippen LogP) is 6.44. The van der Waals surface area contributed by atoms with Crippen molar-refractivity contribution in [1.82, 2.24) is 5.32 Å². The van der Waals surface area contributed by atoms with E-state index in [-0.39, 0.29) is 11.9 Å². The summed E-state index contributed by atoms with van der Waals surface area (Å²) < 4.78 is 0. The lowest BCUT2D eigenvalue weighted by atomic mass is 9.98. The first-order chi connectivity index (χ1) is 15.8. The van der Waals surface area contributed by atoms with Gasteiger partial charge in [-0.05, 0) is 42.6 Å². The molecule has 1 heterocycles. The summed E-state index contributed by atoms with van der Waals surface area (Å²) in [5, 5.41) is 3.40. The fraction of sp³-hybridized carbons (Fsp3) is 0.138. The summed E-state index contributed by atoms with van der Waals surface area (Å²) >= 11 is 0. The molecule has 158 valence electrons. The Labute approximate surface area is 189 Å². The van der Waals surface area contributed by atoms with E-state index < -0.39 is 0 Å². The van der Waals surface area contributed by atoms with Crippen molar-refractivity contribution in [1.29, 1.82) is 0 Å². The highest BCUT2D eigenvalue weighted by Crippen LogP contribution is 2.40. The Morgan fingerprint density at radius 2 is 1.12 bits per heavy atom. The Kier molecular flexibility index (Phi) is 5.82. The molecule has 1 atom stereocenters. The highest BCUT2D eigenvalue weighted by Gasteiger charge is 2.31. The molecule has 32 heavy (non-hydrogen) atoms. The van der Waals surface area contributed by atoms with Crippen LogP contribution in [-0.4, -0.2) is 18.5 Å².